The van der Waals surface area contributed by atoms with Crippen LogP contribution >= 0.6 is 0 Å². The van der Waals surface area contributed by atoms with Crippen molar-refractivity contribution < 1.29 is 0 Å². The number of aromatic nitrogens is 2. The molecule has 0 aliphatic carbocycles. The highest BCUT2D eigenvalue weighted by Gasteiger charge is 2.09. The highest BCUT2D eigenvalue weighted by molar-refractivity contribution is 5.60. The fourth-order valence-electron chi connectivity index (χ4n) is 2.26. The summed E-state index contributed by atoms with van der Waals surface area (Å²) >= 11 is 0. The van der Waals surface area contributed by atoms with E-state index in [1.807, 2.05) is 12.1 Å². The molecule has 0 amide bonds. The third-order valence-electron chi connectivity index (χ3n) is 3.34. The minimum Gasteiger partial charge on any atom is -0.325 e. The maximum atomic E-state index is 4.37. The molecule has 0 bridgehead atoms. The lowest BCUT2D eigenvalue weighted by Crippen LogP contribution is -2.19. The van der Waals surface area contributed by atoms with Crippen LogP contribution in [0.3, 0.4) is 0 Å². The van der Waals surface area contributed by atoms with Gasteiger partial charge in [-0.15, -0.1) is 5.10 Å². The van der Waals surface area contributed by atoms with Gasteiger partial charge in [0.1, 0.15) is 0 Å². The molecular formula is C17H24N4. The summed E-state index contributed by atoms with van der Waals surface area (Å²) in [4.78, 5) is 2.17. The van der Waals surface area contributed by atoms with E-state index in [1.54, 1.807) is 0 Å². The fraction of sp³-hybridized carbons (Fsp3) is 0.412. The Morgan fingerprint density at radius 3 is 2.57 bits per heavy atom. The Bertz CT molecular complexity index is 551. The molecule has 0 spiro atoms. The Morgan fingerprint density at radius 1 is 1.10 bits per heavy atom. The van der Waals surface area contributed by atoms with Crippen LogP contribution in [-0.2, 0) is 6.54 Å². The first-order valence-electron chi connectivity index (χ1n) is 7.62. The normalized spacial score (nSPS) is 10.6. The lowest BCUT2D eigenvalue weighted by atomic mass is 10.2. The minimum atomic E-state index is 0.775. The molecule has 0 atom stereocenters. The molecule has 1 aromatic carbocycles. The van der Waals surface area contributed by atoms with E-state index in [0.717, 1.165) is 43.3 Å². The van der Waals surface area contributed by atoms with Gasteiger partial charge in [-0.2, -0.15) is 5.10 Å². The van der Waals surface area contributed by atoms with Crippen LogP contribution in [-0.4, -0.2) is 23.3 Å². The summed E-state index contributed by atoms with van der Waals surface area (Å²) in [7, 11) is 0. The molecule has 1 heterocycles. The monoisotopic (exact) mass is 284 g/mol. The van der Waals surface area contributed by atoms with Crippen LogP contribution < -0.4 is 10.2 Å². The smallest absolute Gasteiger partial charge is 0.155 e. The number of hydrogen-bond donors (Lipinski definition) is 1. The van der Waals surface area contributed by atoms with Crippen LogP contribution in [0, 0.1) is 6.92 Å². The van der Waals surface area contributed by atoms with Crippen molar-refractivity contribution in [1.82, 2.24) is 15.5 Å². The molecule has 0 fully saturated rings. The Balaban J connectivity index is 2.12. The van der Waals surface area contributed by atoms with Gasteiger partial charge in [0, 0.05) is 18.8 Å². The Labute approximate surface area is 127 Å². The summed E-state index contributed by atoms with van der Waals surface area (Å²) < 4.78 is 0. The molecule has 2 aromatic rings. The Morgan fingerprint density at radius 2 is 1.95 bits per heavy atom. The Hall–Kier alpha value is -1.94. The van der Waals surface area contributed by atoms with Crippen molar-refractivity contribution in [3.05, 3.63) is 47.7 Å². The minimum absolute atomic E-state index is 0.775. The maximum absolute atomic E-state index is 4.37. The average molecular weight is 284 g/mol. The van der Waals surface area contributed by atoms with Crippen LogP contribution in [0.5, 0.6) is 0 Å². The van der Waals surface area contributed by atoms with Crippen molar-refractivity contribution in [3.63, 3.8) is 0 Å². The quantitative estimate of drug-likeness (QED) is 0.791. The largest absolute Gasteiger partial charge is 0.325 e. The highest BCUT2D eigenvalue weighted by Crippen LogP contribution is 2.23. The van der Waals surface area contributed by atoms with Crippen LogP contribution in [0.4, 0.5) is 11.5 Å². The molecule has 0 saturated carbocycles. The number of hydrogen-bond acceptors (Lipinski definition) is 4. The van der Waals surface area contributed by atoms with Gasteiger partial charge in [-0.3, -0.25) is 0 Å². The van der Waals surface area contributed by atoms with Crippen molar-refractivity contribution >= 4 is 11.5 Å². The summed E-state index contributed by atoms with van der Waals surface area (Å²) in [6, 6.07) is 12.5. The van der Waals surface area contributed by atoms with Crippen molar-refractivity contribution in [2.75, 3.05) is 18.0 Å². The predicted octanol–water partition coefficient (Wildman–Crippen LogP) is 3.44. The van der Waals surface area contributed by atoms with E-state index < -0.39 is 0 Å². The molecule has 0 radical (unpaired) electrons. The van der Waals surface area contributed by atoms with Gasteiger partial charge in [-0.1, -0.05) is 19.1 Å². The number of nitrogens with zero attached hydrogens (tertiary/aromatic N) is 3. The zero-order chi connectivity index (χ0) is 15.1. The number of anilines is 2. The first-order valence-corrected chi connectivity index (χ1v) is 7.62. The van der Waals surface area contributed by atoms with Crippen LogP contribution in [0.1, 0.15) is 31.5 Å². The van der Waals surface area contributed by atoms with Crippen LogP contribution in [0.2, 0.25) is 0 Å². The summed E-state index contributed by atoms with van der Waals surface area (Å²) in [5.41, 5.74) is 3.38. The second-order valence-corrected chi connectivity index (χ2v) is 5.14. The van der Waals surface area contributed by atoms with Gasteiger partial charge in [0.25, 0.3) is 0 Å². The van der Waals surface area contributed by atoms with E-state index >= 15 is 0 Å². The van der Waals surface area contributed by atoms with Crippen LogP contribution in [0.25, 0.3) is 0 Å². The lowest BCUT2D eigenvalue weighted by molar-refractivity contribution is 0.656. The van der Waals surface area contributed by atoms with E-state index in [0.29, 0.717) is 0 Å². The Kier molecular flexibility index (Phi) is 5.69. The molecule has 4 nitrogen and oxygen atoms in total. The number of benzene rings is 1. The van der Waals surface area contributed by atoms with Gasteiger partial charge >= 0.3 is 0 Å². The molecule has 4 heteroatoms. The molecule has 2 rings (SSSR count). The van der Waals surface area contributed by atoms with Crippen LogP contribution in [0.15, 0.2) is 36.4 Å². The summed E-state index contributed by atoms with van der Waals surface area (Å²) in [6.07, 6.45) is 1.13. The van der Waals surface area contributed by atoms with Crippen molar-refractivity contribution in [2.45, 2.75) is 33.7 Å². The predicted molar refractivity (Wildman–Crippen MR) is 87.9 cm³/mol. The lowest BCUT2D eigenvalue weighted by Gasteiger charge is -2.22. The van der Waals surface area contributed by atoms with Gasteiger partial charge in [0.15, 0.2) is 5.82 Å². The van der Waals surface area contributed by atoms with E-state index in [1.165, 1.54) is 5.56 Å². The summed E-state index contributed by atoms with van der Waals surface area (Å²) in [6.45, 7) is 9.03. The molecule has 1 N–H and O–H groups in total. The molecule has 112 valence electrons. The van der Waals surface area contributed by atoms with Crippen molar-refractivity contribution in [1.29, 1.82) is 0 Å². The van der Waals surface area contributed by atoms with Gasteiger partial charge < -0.3 is 10.2 Å². The maximum Gasteiger partial charge on any atom is 0.155 e. The SMILES string of the molecule is CCCNCc1ccc(N(CC)c2cccc(C)c2)nn1. The topological polar surface area (TPSA) is 41.0 Å². The molecule has 0 unspecified atom stereocenters. The van der Waals surface area contributed by atoms with Gasteiger partial charge in [-0.05, 0) is 56.6 Å². The summed E-state index contributed by atoms with van der Waals surface area (Å²) in [5, 5.41) is 12.0. The fourth-order valence-corrected chi connectivity index (χ4v) is 2.26. The first-order chi connectivity index (χ1) is 10.2. The zero-order valence-corrected chi connectivity index (χ0v) is 13.1. The van der Waals surface area contributed by atoms with E-state index in [2.05, 4.69) is 65.5 Å². The van der Waals surface area contributed by atoms with Gasteiger partial charge in [0.2, 0.25) is 0 Å². The standard InChI is InChI=1S/C17H24N4/c1-4-11-18-13-15-9-10-17(20-19-15)21(5-2)16-8-6-7-14(3)12-16/h6-10,12,18H,4-5,11,13H2,1-3H3. The second-order valence-electron chi connectivity index (χ2n) is 5.14. The van der Waals surface area contributed by atoms with Gasteiger partial charge in [-0.25, -0.2) is 0 Å². The van der Waals surface area contributed by atoms with Crippen molar-refractivity contribution in [2.24, 2.45) is 0 Å². The molecule has 0 aliphatic heterocycles. The number of rotatable bonds is 7. The first kappa shape index (κ1) is 15.4. The third-order valence-corrected chi connectivity index (χ3v) is 3.34. The molecule has 0 aliphatic rings. The summed E-state index contributed by atoms with van der Waals surface area (Å²) in [5.74, 6) is 0.891. The van der Waals surface area contributed by atoms with E-state index in [-0.39, 0.29) is 0 Å². The van der Waals surface area contributed by atoms with E-state index in [4.69, 9.17) is 0 Å². The average Bonchev–Trinajstić information content (AvgIpc) is 2.50. The number of nitrogens with one attached hydrogen (secondary N) is 1. The highest BCUT2D eigenvalue weighted by atomic mass is 15.3. The van der Waals surface area contributed by atoms with Crippen molar-refractivity contribution in [3.8, 4) is 0 Å². The third kappa shape index (κ3) is 4.26. The molecule has 21 heavy (non-hydrogen) atoms. The number of aryl methyl sites for hydroxylation is 1. The molecule has 1 aromatic heterocycles. The molecular weight excluding hydrogens is 260 g/mol. The van der Waals surface area contributed by atoms with Gasteiger partial charge in [0.05, 0.1) is 5.69 Å². The second kappa shape index (κ2) is 7.74. The zero-order valence-electron chi connectivity index (χ0n) is 13.1. The van der Waals surface area contributed by atoms with E-state index in [9.17, 15) is 0 Å². The molecule has 0 saturated heterocycles.